The fraction of sp³-hybridized carbons (Fsp3) is 0.619. The van der Waals surface area contributed by atoms with Gasteiger partial charge in [-0.25, -0.2) is 4.99 Å². The number of amides is 1. The molecular weight excluding hydrogens is 397 g/mol. The molecule has 0 saturated heterocycles. The van der Waals surface area contributed by atoms with Crippen molar-refractivity contribution >= 4 is 35.1 Å². The normalized spacial score (nSPS) is 13.1. The van der Waals surface area contributed by atoms with E-state index < -0.39 is 0 Å². The number of rotatable bonds is 10. The molecule has 1 atom stereocenters. The van der Waals surface area contributed by atoms with E-state index in [0.717, 1.165) is 32.5 Å². The van der Waals surface area contributed by atoms with E-state index in [2.05, 4.69) is 29.1 Å². The molecule has 5 nitrogen and oxygen atoms in total. The number of benzene rings is 1. The summed E-state index contributed by atoms with van der Waals surface area (Å²) in [5, 5.41) is 3.51. The van der Waals surface area contributed by atoms with Gasteiger partial charge in [-0.2, -0.15) is 0 Å². The minimum atomic E-state index is -0.323. The van der Waals surface area contributed by atoms with Crippen molar-refractivity contribution in [3.05, 3.63) is 33.8 Å². The molecule has 158 valence electrons. The van der Waals surface area contributed by atoms with E-state index in [-0.39, 0.29) is 18.0 Å². The summed E-state index contributed by atoms with van der Waals surface area (Å²) in [6.07, 6.45) is 1.97. The maximum Gasteiger partial charge on any atom is 0.291 e. The van der Waals surface area contributed by atoms with Crippen molar-refractivity contribution in [1.82, 2.24) is 10.2 Å². The third-order valence-electron chi connectivity index (χ3n) is 4.28. The average Bonchev–Trinajstić information content (AvgIpc) is 2.65. The van der Waals surface area contributed by atoms with E-state index in [9.17, 15) is 4.79 Å². The third kappa shape index (κ3) is 9.26. The zero-order valence-corrected chi connectivity index (χ0v) is 19.1. The Kier molecular flexibility index (Phi) is 11.5. The lowest BCUT2D eigenvalue weighted by Gasteiger charge is -2.19. The molecule has 0 saturated carbocycles. The molecule has 0 fully saturated rings. The first-order chi connectivity index (χ1) is 13.3. The van der Waals surface area contributed by atoms with Crippen molar-refractivity contribution in [2.75, 3.05) is 26.2 Å². The molecule has 0 unspecified atom stereocenters. The molecule has 1 aromatic rings. The molecule has 1 rings (SSSR count). The number of hydrogen-bond donors (Lipinski definition) is 1. The Morgan fingerprint density at radius 3 is 2.43 bits per heavy atom. The molecule has 0 aliphatic carbocycles. The minimum Gasteiger partial charge on any atom is -0.465 e. The van der Waals surface area contributed by atoms with Crippen LogP contribution in [0.25, 0.3) is 0 Å². The minimum absolute atomic E-state index is 0.0480. The summed E-state index contributed by atoms with van der Waals surface area (Å²) in [6, 6.07) is 5.05. The van der Waals surface area contributed by atoms with Crippen LogP contribution in [0.3, 0.4) is 0 Å². The quantitative estimate of drug-likeness (QED) is 0.407. The number of nitrogens with zero attached hydrogens (tertiary/aromatic N) is 2. The number of aliphatic imine (C=N–C) groups is 1. The summed E-state index contributed by atoms with van der Waals surface area (Å²) in [5.74, 6) is 0.00136. The van der Waals surface area contributed by atoms with Gasteiger partial charge in [-0.1, -0.05) is 50.9 Å². The summed E-state index contributed by atoms with van der Waals surface area (Å²) in [7, 11) is 0. The highest BCUT2D eigenvalue weighted by atomic mass is 35.5. The van der Waals surface area contributed by atoms with Gasteiger partial charge in [-0.15, -0.1) is 0 Å². The van der Waals surface area contributed by atoms with Gasteiger partial charge in [0.05, 0.1) is 22.7 Å². The van der Waals surface area contributed by atoms with Crippen molar-refractivity contribution in [2.45, 2.75) is 53.5 Å². The van der Waals surface area contributed by atoms with Crippen LogP contribution in [0, 0.1) is 5.92 Å². The van der Waals surface area contributed by atoms with E-state index in [4.69, 9.17) is 27.9 Å². The third-order valence-corrected chi connectivity index (χ3v) is 5.02. The molecule has 0 aromatic heterocycles. The zero-order valence-electron chi connectivity index (χ0n) is 17.6. The second kappa shape index (κ2) is 13.0. The molecule has 7 heteroatoms. The Hall–Kier alpha value is -1.30. The van der Waals surface area contributed by atoms with Crippen LogP contribution in [0.1, 0.15) is 57.8 Å². The fourth-order valence-corrected chi connectivity index (χ4v) is 2.87. The SMILES string of the molecule is CCN(CC)CCC[C@H](C)N=C(NC(=O)c1ccc(Cl)c(Cl)c1)OCC(C)C. The molecule has 1 amide bonds. The maximum atomic E-state index is 12.5. The Balaban J connectivity index is 2.75. The van der Waals surface area contributed by atoms with Crippen LogP contribution < -0.4 is 5.32 Å². The van der Waals surface area contributed by atoms with Gasteiger partial charge >= 0.3 is 0 Å². The van der Waals surface area contributed by atoms with Gasteiger partial charge in [0.25, 0.3) is 11.9 Å². The molecule has 0 bridgehead atoms. The molecular formula is C21H33Cl2N3O2. The molecule has 1 aromatic carbocycles. The van der Waals surface area contributed by atoms with Gasteiger partial charge in [0.2, 0.25) is 0 Å². The number of ether oxygens (including phenoxy) is 1. The topological polar surface area (TPSA) is 53.9 Å². The summed E-state index contributed by atoms with van der Waals surface area (Å²) >= 11 is 11.9. The van der Waals surface area contributed by atoms with E-state index in [1.54, 1.807) is 12.1 Å². The fourth-order valence-electron chi connectivity index (χ4n) is 2.57. The standard InChI is InChI=1S/C21H33Cl2N3O2/c1-6-26(7-2)12-8-9-16(5)24-21(28-14-15(3)4)25-20(27)17-10-11-18(22)19(23)13-17/h10-11,13,15-16H,6-9,12,14H2,1-5H3,(H,24,25,27)/t16-/m0/s1. The Labute approximate surface area is 179 Å². The van der Waals surface area contributed by atoms with Crippen LogP contribution in [0.15, 0.2) is 23.2 Å². The molecule has 28 heavy (non-hydrogen) atoms. The summed E-state index contributed by atoms with van der Waals surface area (Å²) in [5.41, 5.74) is 0.407. The van der Waals surface area contributed by atoms with E-state index in [1.807, 2.05) is 20.8 Å². The first-order valence-electron chi connectivity index (χ1n) is 9.96. The van der Waals surface area contributed by atoms with Crippen LogP contribution in [-0.4, -0.2) is 49.1 Å². The Morgan fingerprint density at radius 1 is 1.18 bits per heavy atom. The lowest BCUT2D eigenvalue weighted by molar-refractivity contribution is 0.0963. The highest BCUT2D eigenvalue weighted by molar-refractivity contribution is 6.42. The van der Waals surface area contributed by atoms with E-state index in [1.165, 1.54) is 6.07 Å². The van der Waals surface area contributed by atoms with Gasteiger partial charge in [-0.3, -0.25) is 10.1 Å². The molecule has 1 N–H and O–H groups in total. The summed E-state index contributed by atoms with van der Waals surface area (Å²) in [6.45, 7) is 14.1. The first-order valence-corrected chi connectivity index (χ1v) is 10.7. The lowest BCUT2D eigenvalue weighted by atomic mass is 10.2. The van der Waals surface area contributed by atoms with Gasteiger partial charge in [0.1, 0.15) is 0 Å². The molecule has 0 heterocycles. The largest absolute Gasteiger partial charge is 0.465 e. The number of halogens is 2. The predicted molar refractivity (Wildman–Crippen MR) is 119 cm³/mol. The second-order valence-corrected chi connectivity index (χ2v) is 8.05. The van der Waals surface area contributed by atoms with Crippen LogP contribution in [0.5, 0.6) is 0 Å². The second-order valence-electron chi connectivity index (χ2n) is 7.24. The van der Waals surface area contributed by atoms with Crippen molar-refractivity contribution in [2.24, 2.45) is 10.9 Å². The van der Waals surface area contributed by atoms with Crippen LogP contribution >= 0.6 is 23.2 Å². The van der Waals surface area contributed by atoms with E-state index >= 15 is 0 Å². The average molecular weight is 430 g/mol. The summed E-state index contributed by atoms with van der Waals surface area (Å²) < 4.78 is 5.74. The van der Waals surface area contributed by atoms with Gasteiger partial charge in [0, 0.05) is 5.56 Å². The van der Waals surface area contributed by atoms with Gasteiger partial charge < -0.3 is 9.64 Å². The lowest BCUT2D eigenvalue weighted by Crippen LogP contribution is -2.34. The number of carbonyl (C=O) groups excluding carboxylic acids is 1. The van der Waals surface area contributed by atoms with Crippen molar-refractivity contribution < 1.29 is 9.53 Å². The predicted octanol–water partition coefficient (Wildman–Crippen LogP) is 5.26. The van der Waals surface area contributed by atoms with Crippen LogP contribution in [0.2, 0.25) is 10.0 Å². The molecule has 0 radical (unpaired) electrons. The molecule has 0 spiro atoms. The van der Waals surface area contributed by atoms with Gasteiger partial charge in [0.15, 0.2) is 0 Å². The Morgan fingerprint density at radius 2 is 1.86 bits per heavy atom. The summed E-state index contributed by atoms with van der Waals surface area (Å²) in [4.78, 5) is 19.5. The van der Waals surface area contributed by atoms with E-state index in [0.29, 0.717) is 28.1 Å². The van der Waals surface area contributed by atoms with Crippen LogP contribution in [0.4, 0.5) is 0 Å². The van der Waals surface area contributed by atoms with Gasteiger partial charge in [-0.05, 0) is 63.5 Å². The Bertz CT molecular complexity index is 647. The molecule has 0 aliphatic rings. The van der Waals surface area contributed by atoms with Crippen molar-refractivity contribution in [3.63, 3.8) is 0 Å². The smallest absolute Gasteiger partial charge is 0.291 e. The van der Waals surface area contributed by atoms with Crippen molar-refractivity contribution in [1.29, 1.82) is 0 Å². The maximum absolute atomic E-state index is 12.5. The monoisotopic (exact) mass is 429 g/mol. The highest BCUT2D eigenvalue weighted by Crippen LogP contribution is 2.22. The molecule has 0 aliphatic heterocycles. The number of nitrogens with one attached hydrogen (secondary N) is 1. The number of amidine groups is 1. The zero-order chi connectivity index (χ0) is 21.1. The van der Waals surface area contributed by atoms with Crippen molar-refractivity contribution in [3.8, 4) is 0 Å². The van der Waals surface area contributed by atoms with Crippen LogP contribution in [-0.2, 0) is 4.74 Å². The first kappa shape index (κ1) is 24.7. The number of hydrogen-bond acceptors (Lipinski definition) is 4. The highest BCUT2D eigenvalue weighted by Gasteiger charge is 2.14. The number of carbonyl (C=O) groups is 1.